The fourth-order valence-corrected chi connectivity index (χ4v) is 4.35. The summed E-state index contributed by atoms with van der Waals surface area (Å²) in [5, 5.41) is 4.84. The van der Waals surface area contributed by atoms with E-state index < -0.39 is 47.1 Å². The normalized spacial score (nSPS) is 18.4. The van der Waals surface area contributed by atoms with E-state index in [1.807, 2.05) is 0 Å². The highest BCUT2D eigenvalue weighted by Crippen LogP contribution is 2.42. The van der Waals surface area contributed by atoms with E-state index in [9.17, 15) is 30.0 Å². The van der Waals surface area contributed by atoms with Crippen molar-refractivity contribution >= 4 is 25.7 Å². The Hall–Kier alpha value is -1.37. The van der Waals surface area contributed by atoms with Crippen LogP contribution in [0.3, 0.4) is 0 Å². The van der Waals surface area contributed by atoms with Crippen LogP contribution in [-0.2, 0) is 26.2 Å². The summed E-state index contributed by atoms with van der Waals surface area (Å²) in [6.45, 7) is 4.79. The summed E-state index contributed by atoms with van der Waals surface area (Å²) >= 11 is 0. The summed E-state index contributed by atoms with van der Waals surface area (Å²) in [5.74, 6) is 0. The number of sulfonamides is 2. The highest BCUT2D eigenvalue weighted by Gasteiger charge is 2.42. The van der Waals surface area contributed by atoms with E-state index in [0.29, 0.717) is 12.1 Å². The second-order valence-corrected chi connectivity index (χ2v) is 9.53. The largest absolute Gasteiger partial charge is 0.417 e. The predicted molar refractivity (Wildman–Crippen MR) is 80.2 cm³/mol. The summed E-state index contributed by atoms with van der Waals surface area (Å²) in [5.41, 5.74) is -2.46. The van der Waals surface area contributed by atoms with Crippen molar-refractivity contribution < 1.29 is 30.0 Å². The molecule has 1 heterocycles. The minimum Gasteiger partial charge on any atom is -0.352 e. The number of anilines is 1. The molecule has 1 aliphatic rings. The first-order valence-electron chi connectivity index (χ1n) is 6.60. The monoisotopic (exact) mass is 387 g/mol. The molecule has 24 heavy (non-hydrogen) atoms. The minimum atomic E-state index is -5.02. The van der Waals surface area contributed by atoms with Crippen LogP contribution in [0.2, 0.25) is 0 Å². The Labute approximate surface area is 137 Å². The highest BCUT2D eigenvalue weighted by molar-refractivity contribution is 7.90. The smallest absolute Gasteiger partial charge is 0.352 e. The average Bonchev–Trinajstić information content (AvgIpc) is 2.33. The molecule has 0 fully saturated rings. The maximum Gasteiger partial charge on any atom is 0.417 e. The predicted octanol–water partition coefficient (Wildman–Crippen LogP) is 1.21. The molecule has 1 aliphatic heterocycles. The number of alkyl halides is 3. The van der Waals surface area contributed by atoms with Gasteiger partial charge in [-0.1, -0.05) is 0 Å². The summed E-state index contributed by atoms with van der Waals surface area (Å²) in [6.07, 6.45) is -5.02. The third-order valence-corrected chi connectivity index (χ3v) is 5.84. The van der Waals surface area contributed by atoms with E-state index in [4.69, 9.17) is 5.14 Å². The van der Waals surface area contributed by atoms with Gasteiger partial charge < -0.3 is 4.90 Å². The minimum absolute atomic E-state index is 0.235. The lowest BCUT2D eigenvalue weighted by Gasteiger charge is -2.41. The van der Waals surface area contributed by atoms with Gasteiger partial charge in [0.25, 0.3) is 0 Å². The molecule has 0 unspecified atom stereocenters. The van der Waals surface area contributed by atoms with Gasteiger partial charge in [0.15, 0.2) is 0 Å². The number of nitrogens with one attached hydrogen (secondary N) is 1. The van der Waals surface area contributed by atoms with E-state index in [2.05, 4.69) is 4.72 Å². The lowest BCUT2D eigenvalue weighted by atomic mass is 10.0. The van der Waals surface area contributed by atoms with E-state index in [1.54, 1.807) is 20.8 Å². The highest BCUT2D eigenvalue weighted by atomic mass is 32.2. The van der Waals surface area contributed by atoms with Gasteiger partial charge in [-0.2, -0.15) is 17.9 Å². The SMILES string of the molecule is CC(C)(C)N1CNS(=O)(=O)c2cc(S(N)(=O)=O)c(C(F)(F)F)cc21. The van der Waals surface area contributed by atoms with Gasteiger partial charge in [0.05, 0.1) is 22.8 Å². The Balaban J connectivity index is 2.94. The third-order valence-electron chi connectivity index (χ3n) is 3.48. The molecule has 7 nitrogen and oxygen atoms in total. The quantitative estimate of drug-likeness (QED) is 0.753. The van der Waals surface area contributed by atoms with E-state index >= 15 is 0 Å². The molecule has 2 rings (SSSR count). The number of primary sulfonamides is 1. The number of halogens is 3. The lowest BCUT2D eigenvalue weighted by molar-refractivity contribution is -0.139. The van der Waals surface area contributed by atoms with Crippen LogP contribution in [-0.4, -0.2) is 29.0 Å². The molecule has 0 radical (unpaired) electrons. The van der Waals surface area contributed by atoms with Crippen LogP contribution in [0.4, 0.5) is 18.9 Å². The van der Waals surface area contributed by atoms with Crippen molar-refractivity contribution in [3.63, 3.8) is 0 Å². The lowest BCUT2D eigenvalue weighted by Crippen LogP contribution is -2.52. The number of hydrogen-bond acceptors (Lipinski definition) is 5. The molecule has 0 aliphatic carbocycles. The average molecular weight is 387 g/mol. The van der Waals surface area contributed by atoms with Crippen LogP contribution in [0.15, 0.2) is 21.9 Å². The number of rotatable bonds is 1. The molecule has 0 saturated carbocycles. The number of nitrogens with two attached hydrogens (primary N) is 1. The molecule has 0 atom stereocenters. The summed E-state index contributed by atoms with van der Waals surface area (Å²) in [4.78, 5) is -0.457. The Kier molecular flexibility index (Phi) is 4.20. The standard InChI is InChI=1S/C12H16F3N3O4S2/c1-11(2,3)18-6-17-24(21,22)10-5-9(23(16,19)20)7(4-8(10)18)12(13,14)15/h4-5,17H,6H2,1-3H3,(H2,16,19,20). The van der Waals surface area contributed by atoms with Gasteiger partial charge in [-0.15, -0.1) is 0 Å². The van der Waals surface area contributed by atoms with Crippen LogP contribution < -0.4 is 14.8 Å². The fourth-order valence-electron chi connectivity index (χ4n) is 2.34. The first-order chi connectivity index (χ1) is 10.5. The van der Waals surface area contributed by atoms with Gasteiger partial charge in [0, 0.05) is 5.54 Å². The fraction of sp³-hybridized carbons (Fsp3) is 0.500. The number of fused-ring (bicyclic) bond motifs is 1. The van der Waals surface area contributed by atoms with E-state index in [0.717, 1.165) is 0 Å². The Bertz CT molecular complexity index is 887. The van der Waals surface area contributed by atoms with Crippen molar-refractivity contribution in [1.82, 2.24) is 4.72 Å². The van der Waals surface area contributed by atoms with Crippen LogP contribution in [0.25, 0.3) is 0 Å². The molecule has 3 N–H and O–H groups in total. The van der Waals surface area contributed by atoms with E-state index in [1.165, 1.54) is 4.90 Å². The van der Waals surface area contributed by atoms with Crippen molar-refractivity contribution in [1.29, 1.82) is 0 Å². The number of nitrogens with zero attached hydrogens (tertiary/aromatic N) is 1. The first kappa shape index (κ1) is 19.0. The maximum atomic E-state index is 13.3. The van der Waals surface area contributed by atoms with Crippen molar-refractivity contribution in [2.45, 2.75) is 42.3 Å². The molecule has 1 aromatic rings. The molecule has 136 valence electrons. The Morgan fingerprint density at radius 3 is 2.17 bits per heavy atom. The molecule has 0 bridgehead atoms. The Morgan fingerprint density at radius 2 is 1.75 bits per heavy atom. The number of benzene rings is 1. The van der Waals surface area contributed by atoms with Crippen LogP contribution in [0.1, 0.15) is 26.3 Å². The van der Waals surface area contributed by atoms with Crippen molar-refractivity contribution in [2.75, 3.05) is 11.6 Å². The maximum absolute atomic E-state index is 13.3. The molecule has 12 heteroatoms. The van der Waals surface area contributed by atoms with Gasteiger partial charge in [0.1, 0.15) is 4.90 Å². The zero-order chi connectivity index (χ0) is 18.7. The van der Waals surface area contributed by atoms with Gasteiger partial charge in [-0.3, -0.25) is 0 Å². The van der Waals surface area contributed by atoms with Crippen LogP contribution in [0, 0.1) is 0 Å². The van der Waals surface area contributed by atoms with E-state index in [-0.39, 0.29) is 12.4 Å². The molecular formula is C12H16F3N3O4S2. The van der Waals surface area contributed by atoms with Gasteiger partial charge in [-0.25, -0.2) is 22.0 Å². The zero-order valence-electron chi connectivity index (χ0n) is 13.0. The zero-order valence-corrected chi connectivity index (χ0v) is 14.6. The molecule has 1 aromatic carbocycles. The van der Waals surface area contributed by atoms with Crippen molar-refractivity contribution in [3.05, 3.63) is 17.7 Å². The molecular weight excluding hydrogens is 371 g/mol. The number of hydrogen-bond donors (Lipinski definition) is 2. The van der Waals surface area contributed by atoms with Crippen molar-refractivity contribution in [2.24, 2.45) is 5.14 Å². The molecule has 0 saturated heterocycles. The van der Waals surface area contributed by atoms with Gasteiger partial charge in [0.2, 0.25) is 20.0 Å². The second kappa shape index (κ2) is 5.31. The first-order valence-corrected chi connectivity index (χ1v) is 9.63. The Morgan fingerprint density at radius 1 is 1.21 bits per heavy atom. The van der Waals surface area contributed by atoms with Gasteiger partial charge in [-0.05, 0) is 32.9 Å². The topological polar surface area (TPSA) is 110 Å². The molecule has 0 spiro atoms. The molecule has 0 amide bonds. The summed E-state index contributed by atoms with van der Waals surface area (Å²) in [6, 6.07) is 0.965. The summed E-state index contributed by atoms with van der Waals surface area (Å²) in [7, 11) is -8.94. The van der Waals surface area contributed by atoms with Crippen LogP contribution >= 0.6 is 0 Å². The third kappa shape index (κ3) is 3.36. The summed E-state index contributed by atoms with van der Waals surface area (Å²) < 4.78 is 89.3. The molecule has 0 aromatic heterocycles. The second-order valence-electron chi connectivity index (χ2n) is 6.26. The van der Waals surface area contributed by atoms with Gasteiger partial charge >= 0.3 is 6.18 Å². The van der Waals surface area contributed by atoms with Crippen LogP contribution in [0.5, 0.6) is 0 Å². The van der Waals surface area contributed by atoms with Crippen molar-refractivity contribution in [3.8, 4) is 0 Å².